The molecular formula is C26H31N3O3. The third-order valence-corrected chi connectivity index (χ3v) is 5.16. The lowest BCUT2D eigenvalue weighted by molar-refractivity contribution is -0.123. The third-order valence-electron chi connectivity index (χ3n) is 5.16. The van der Waals surface area contributed by atoms with Gasteiger partial charge in [0.15, 0.2) is 0 Å². The molecule has 1 amide bonds. The van der Waals surface area contributed by atoms with Crippen LogP contribution >= 0.6 is 0 Å². The van der Waals surface area contributed by atoms with Crippen LogP contribution in [0.25, 0.3) is 11.4 Å². The van der Waals surface area contributed by atoms with Crippen molar-refractivity contribution in [2.45, 2.75) is 51.4 Å². The molecule has 32 heavy (non-hydrogen) atoms. The third kappa shape index (κ3) is 7.25. The van der Waals surface area contributed by atoms with Gasteiger partial charge in [-0.3, -0.25) is 9.78 Å². The van der Waals surface area contributed by atoms with Crippen molar-refractivity contribution in [1.82, 2.24) is 15.3 Å². The smallest absolute Gasteiger partial charge is 0.220 e. The van der Waals surface area contributed by atoms with Gasteiger partial charge >= 0.3 is 0 Å². The lowest BCUT2D eigenvalue weighted by Gasteiger charge is -2.24. The van der Waals surface area contributed by atoms with Crippen LogP contribution in [0.3, 0.4) is 0 Å². The predicted molar refractivity (Wildman–Crippen MR) is 125 cm³/mol. The van der Waals surface area contributed by atoms with Crippen molar-refractivity contribution in [1.29, 1.82) is 0 Å². The maximum atomic E-state index is 12.4. The Morgan fingerprint density at radius 1 is 1.00 bits per heavy atom. The summed E-state index contributed by atoms with van der Waals surface area (Å²) in [6.45, 7) is 2.54. The number of hydrogen-bond acceptors (Lipinski definition) is 5. The second-order valence-corrected chi connectivity index (χ2v) is 7.73. The number of nitrogens with zero attached hydrogens (tertiary/aromatic N) is 2. The summed E-state index contributed by atoms with van der Waals surface area (Å²) < 4.78 is 5.88. The highest BCUT2D eigenvalue weighted by atomic mass is 16.5. The summed E-state index contributed by atoms with van der Waals surface area (Å²) in [5, 5.41) is 13.8. The van der Waals surface area contributed by atoms with Gasteiger partial charge in [0.1, 0.15) is 6.10 Å². The molecular weight excluding hydrogens is 402 g/mol. The number of aliphatic hydroxyl groups is 1. The fraction of sp³-hybridized carbons (Fsp3) is 0.346. The average molecular weight is 434 g/mol. The number of rotatable bonds is 12. The highest BCUT2D eigenvalue weighted by Crippen LogP contribution is 2.18. The number of hydrogen-bond donors (Lipinski definition) is 2. The molecule has 0 aliphatic carbocycles. The van der Waals surface area contributed by atoms with Crippen LogP contribution in [-0.2, 0) is 16.1 Å². The Balaban J connectivity index is 1.62. The van der Waals surface area contributed by atoms with Crippen molar-refractivity contribution in [3.05, 3.63) is 84.2 Å². The van der Waals surface area contributed by atoms with E-state index in [1.54, 1.807) is 6.20 Å². The molecule has 0 aliphatic rings. The van der Waals surface area contributed by atoms with Gasteiger partial charge in [0.05, 0.1) is 36.3 Å². The zero-order valence-corrected chi connectivity index (χ0v) is 18.5. The summed E-state index contributed by atoms with van der Waals surface area (Å²) in [6.07, 6.45) is 4.21. The van der Waals surface area contributed by atoms with Crippen LogP contribution in [0, 0.1) is 0 Å². The summed E-state index contributed by atoms with van der Waals surface area (Å²) in [6, 6.07) is 20.2. The van der Waals surface area contributed by atoms with Crippen molar-refractivity contribution < 1.29 is 14.6 Å². The van der Waals surface area contributed by atoms with E-state index in [0.29, 0.717) is 6.42 Å². The second kappa shape index (κ2) is 12.7. The van der Waals surface area contributed by atoms with Gasteiger partial charge in [0.25, 0.3) is 0 Å². The maximum absolute atomic E-state index is 12.4. The van der Waals surface area contributed by atoms with Crippen LogP contribution in [0.15, 0.2) is 72.9 Å². The monoisotopic (exact) mass is 433 g/mol. The molecule has 0 fully saturated rings. The summed E-state index contributed by atoms with van der Waals surface area (Å²) in [4.78, 5) is 21.4. The Bertz CT molecular complexity index is 951. The minimum atomic E-state index is -0.862. The molecule has 3 aromatic rings. The molecule has 6 heteroatoms. The van der Waals surface area contributed by atoms with E-state index >= 15 is 0 Å². The van der Waals surface area contributed by atoms with Gasteiger partial charge in [-0.05, 0) is 36.2 Å². The number of carbonyl (C=O) groups excluding carboxylic acids is 1. The first-order valence-corrected chi connectivity index (χ1v) is 11.1. The first-order chi connectivity index (χ1) is 15.7. The highest BCUT2D eigenvalue weighted by Gasteiger charge is 2.23. The lowest BCUT2D eigenvalue weighted by atomic mass is 10.0. The Morgan fingerprint density at radius 3 is 2.53 bits per heavy atom. The maximum Gasteiger partial charge on any atom is 0.220 e. The molecule has 0 saturated carbocycles. The zero-order valence-electron chi connectivity index (χ0n) is 18.5. The number of ether oxygens (including phenoxy) is 1. The van der Waals surface area contributed by atoms with Crippen LogP contribution in [-0.4, -0.2) is 33.6 Å². The number of unbranched alkanes of at least 4 members (excludes halogenated alkanes) is 2. The van der Waals surface area contributed by atoms with E-state index in [9.17, 15) is 9.90 Å². The Hall–Kier alpha value is -3.09. The van der Waals surface area contributed by atoms with Gasteiger partial charge in [-0.2, -0.15) is 0 Å². The van der Waals surface area contributed by atoms with Crippen molar-refractivity contribution >= 4 is 5.91 Å². The number of aliphatic hydroxyl groups excluding tert-OH is 1. The minimum Gasteiger partial charge on any atom is -0.386 e. The van der Waals surface area contributed by atoms with Crippen molar-refractivity contribution in [3.8, 4) is 11.4 Å². The molecule has 0 aliphatic heterocycles. The molecule has 0 bridgehead atoms. The van der Waals surface area contributed by atoms with Crippen LogP contribution in [0.1, 0.15) is 50.0 Å². The molecule has 2 heterocycles. The standard InChI is InChI=1S/C26H31N3O3/c1-2-3-5-16-25(30)29-24(26(31)20-11-6-4-7-12-20)19-32-18-21-13-10-15-23(28-21)22-14-8-9-17-27-22/h4,6-15,17,24,26,31H,2-3,5,16,18-19H2,1H3,(H,29,30)/t24-,26+/m0/s1. The number of pyridine rings is 2. The van der Waals surface area contributed by atoms with Gasteiger partial charge in [-0.25, -0.2) is 4.98 Å². The van der Waals surface area contributed by atoms with Gasteiger partial charge in [0, 0.05) is 12.6 Å². The van der Waals surface area contributed by atoms with Crippen LogP contribution < -0.4 is 5.32 Å². The minimum absolute atomic E-state index is 0.0719. The fourth-order valence-corrected chi connectivity index (χ4v) is 3.42. The van der Waals surface area contributed by atoms with E-state index < -0.39 is 12.1 Å². The number of benzene rings is 1. The topological polar surface area (TPSA) is 84.3 Å². The van der Waals surface area contributed by atoms with E-state index in [1.807, 2.05) is 66.7 Å². The Labute approximate surface area is 189 Å². The second-order valence-electron chi connectivity index (χ2n) is 7.73. The molecule has 1 aromatic carbocycles. The van der Waals surface area contributed by atoms with Gasteiger partial charge < -0.3 is 15.2 Å². The largest absolute Gasteiger partial charge is 0.386 e. The number of nitrogens with one attached hydrogen (secondary N) is 1. The van der Waals surface area contributed by atoms with Gasteiger partial charge in [0.2, 0.25) is 5.91 Å². The van der Waals surface area contributed by atoms with Crippen LogP contribution in [0.4, 0.5) is 0 Å². The van der Waals surface area contributed by atoms with Crippen molar-refractivity contribution in [2.75, 3.05) is 6.61 Å². The van der Waals surface area contributed by atoms with E-state index in [0.717, 1.165) is 41.9 Å². The Morgan fingerprint density at radius 2 is 1.78 bits per heavy atom. The van der Waals surface area contributed by atoms with Gasteiger partial charge in [-0.15, -0.1) is 0 Å². The first-order valence-electron chi connectivity index (χ1n) is 11.1. The molecule has 0 unspecified atom stereocenters. The van der Waals surface area contributed by atoms with Gasteiger partial charge in [-0.1, -0.05) is 62.2 Å². The summed E-state index contributed by atoms with van der Waals surface area (Å²) in [5.41, 5.74) is 3.07. The SMILES string of the molecule is CCCCCC(=O)N[C@@H](COCc1cccc(-c2ccccn2)n1)[C@H](O)c1ccccc1. The fourth-order valence-electron chi connectivity index (χ4n) is 3.42. The molecule has 2 atom stereocenters. The Kier molecular flexibility index (Phi) is 9.35. The molecule has 0 radical (unpaired) electrons. The van der Waals surface area contributed by atoms with E-state index in [2.05, 4.69) is 22.2 Å². The summed E-state index contributed by atoms with van der Waals surface area (Å²) in [5.74, 6) is -0.0719. The number of amides is 1. The van der Waals surface area contributed by atoms with Crippen molar-refractivity contribution in [3.63, 3.8) is 0 Å². The van der Waals surface area contributed by atoms with Crippen LogP contribution in [0.5, 0.6) is 0 Å². The first kappa shape index (κ1) is 23.6. The number of carbonyl (C=O) groups is 1. The molecule has 2 aromatic heterocycles. The number of aromatic nitrogens is 2. The molecule has 6 nitrogen and oxygen atoms in total. The molecule has 0 spiro atoms. The van der Waals surface area contributed by atoms with E-state index in [1.165, 1.54) is 0 Å². The predicted octanol–water partition coefficient (Wildman–Crippen LogP) is 4.46. The highest BCUT2D eigenvalue weighted by molar-refractivity contribution is 5.76. The van der Waals surface area contributed by atoms with E-state index in [-0.39, 0.29) is 19.1 Å². The quantitative estimate of drug-likeness (QED) is 0.412. The summed E-state index contributed by atoms with van der Waals surface area (Å²) in [7, 11) is 0. The van der Waals surface area contributed by atoms with Crippen molar-refractivity contribution in [2.24, 2.45) is 0 Å². The molecule has 3 rings (SSSR count). The van der Waals surface area contributed by atoms with Crippen LogP contribution in [0.2, 0.25) is 0 Å². The normalized spacial score (nSPS) is 12.8. The summed E-state index contributed by atoms with van der Waals surface area (Å²) >= 11 is 0. The average Bonchev–Trinajstić information content (AvgIpc) is 2.84. The molecule has 2 N–H and O–H groups in total. The lowest BCUT2D eigenvalue weighted by Crippen LogP contribution is -2.42. The molecule has 0 saturated heterocycles. The zero-order chi connectivity index (χ0) is 22.6. The van der Waals surface area contributed by atoms with E-state index in [4.69, 9.17) is 4.74 Å². The molecule has 168 valence electrons.